The molecule has 2 N–H and O–H groups in total. The van der Waals surface area contributed by atoms with Gasteiger partial charge in [0.05, 0.1) is 0 Å². The molecule has 1 aromatic carbocycles. The summed E-state index contributed by atoms with van der Waals surface area (Å²) in [7, 11) is 0. The molecule has 1 aromatic rings. The summed E-state index contributed by atoms with van der Waals surface area (Å²) in [4.78, 5) is 10.3. The van der Waals surface area contributed by atoms with Crippen LogP contribution in [0, 0.1) is 6.92 Å². The average molecular weight is 172 g/mol. The second-order valence-corrected chi connectivity index (χ2v) is 2.18. The van der Waals surface area contributed by atoms with Gasteiger partial charge in [0.2, 0.25) is 0 Å². The van der Waals surface area contributed by atoms with Gasteiger partial charge in [-0.15, -0.1) is 12.4 Å². The molecule has 0 aliphatic rings. The average Bonchev–Trinajstić information content (AvgIpc) is 1.95. The number of hydrogen-bond donors (Lipinski definition) is 1. The third-order valence-corrected chi connectivity index (χ3v) is 1.54. The van der Waals surface area contributed by atoms with Gasteiger partial charge in [0.1, 0.15) is 6.29 Å². The van der Waals surface area contributed by atoms with Crippen molar-refractivity contribution >= 4 is 24.4 Å². The molecular weight excluding hydrogens is 162 g/mol. The van der Waals surface area contributed by atoms with Crippen molar-refractivity contribution in [2.75, 3.05) is 5.73 Å². The maximum Gasteiger partial charge on any atom is 0.150 e. The van der Waals surface area contributed by atoms with E-state index in [9.17, 15) is 4.79 Å². The zero-order valence-electron chi connectivity index (χ0n) is 6.20. The summed E-state index contributed by atoms with van der Waals surface area (Å²) in [5.41, 5.74) is 7.73. The fourth-order valence-electron chi connectivity index (χ4n) is 0.800. The third kappa shape index (κ3) is 1.95. The van der Waals surface area contributed by atoms with E-state index in [-0.39, 0.29) is 12.4 Å². The molecule has 0 amide bonds. The minimum atomic E-state index is 0. The maximum atomic E-state index is 10.3. The molecule has 0 spiro atoms. The van der Waals surface area contributed by atoms with Crippen molar-refractivity contribution in [1.82, 2.24) is 0 Å². The summed E-state index contributed by atoms with van der Waals surface area (Å²) in [5, 5.41) is 0. The number of nitrogen functional groups attached to an aromatic ring is 1. The quantitative estimate of drug-likeness (QED) is 0.517. The van der Waals surface area contributed by atoms with E-state index in [4.69, 9.17) is 5.73 Å². The van der Waals surface area contributed by atoms with Gasteiger partial charge < -0.3 is 5.73 Å². The highest BCUT2D eigenvalue weighted by atomic mass is 35.5. The second kappa shape index (κ2) is 3.98. The van der Waals surface area contributed by atoms with Crippen LogP contribution >= 0.6 is 12.4 Å². The van der Waals surface area contributed by atoms with Crippen molar-refractivity contribution in [3.63, 3.8) is 0 Å². The molecule has 0 unspecified atom stereocenters. The normalized spacial score (nSPS) is 8.45. The number of anilines is 1. The van der Waals surface area contributed by atoms with E-state index in [0.29, 0.717) is 11.3 Å². The van der Waals surface area contributed by atoms with Crippen LogP contribution < -0.4 is 5.73 Å². The van der Waals surface area contributed by atoms with Gasteiger partial charge in [-0.25, -0.2) is 0 Å². The number of benzene rings is 1. The highest BCUT2D eigenvalue weighted by Crippen LogP contribution is 2.12. The molecule has 0 atom stereocenters. The highest BCUT2D eigenvalue weighted by molar-refractivity contribution is 5.85. The standard InChI is InChI=1S/C8H9NO.ClH/c1-6-7(5-10)3-2-4-8(6)9;/h2-5H,9H2,1H3;1H. The lowest BCUT2D eigenvalue weighted by Crippen LogP contribution is -1.93. The molecule has 0 aliphatic carbocycles. The monoisotopic (exact) mass is 171 g/mol. The molecule has 11 heavy (non-hydrogen) atoms. The summed E-state index contributed by atoms with van der Waals surface area (Å²) in [6, 6.07) is 5.30. The van der Waals surface area contributed by atoms with Crippen LogP contribution in [0.25, 0.3) is 0 Å². The van der Waals surface area contributed by atoms with Gasteiger partial charge in [0.25, 0.3) is 0 Å². The van der Waals surface area contributed by atoms with Crippen LogP contribution in [0.4, 0.5) is 5.69 Å². The minimum Gasteiger partial charge on any atom is -0.398 e. The first-order valence-corrected chi connectivity index (χ1v) is 3.06. The van der Waals surface area contributed by atoms with E-state index in [1.807, 2.05) is 6.92 Å². The molecule has 0 heterocycles. The molecule has 1 rings (SSSR count). The number of nitrogens with two attached hydrogens (primary N) is 1. The third-order valence-electron chi connectivity index (χ3n) is 1.54. The Balaban J connectivity index is 0.000001000. The first kappa shape index (κ1) is 9.98. The summed E-state index contributed by atoms with van der Waals surface area (Å²) in [6.07, 6.45) is 0.811. The van der Waals surface area contributed by atoms with E-state index >= 15 is 0 Å². The van der Waals surface area contributed by atoms with Crippen molar-refractivity contribution in [2.45, 2.75) is 6.92 Å². The number of rotatable bonds is 1. The fourth-order valence-corrected chi connectivity index (χ4v) is 0.800. The molecule has 2 nitrogen and oxygen atoms in total. The van der Waals surface area contributed by atoms with Crippen molar-refractivity contribution in [3.8, 4) is 0 Å². The van der Waals surface area contributed by atoms with E-state index in [2.05, 4.69) is 0 Å². The van der Waals surface area contributed by atoms with Crippen LogP contribution in [-0.2, 0) is 0 Å². The van der Waals surface area contributed by atoms with Crippen molar-refractivity contribution in [3.05, 3.63) is 29.3 Å². The predicted octanol–water partition coefficient (Wildman–Crippen LogP) is 1.81. The van der Waals surface area contributed by atoms with Crippen LogP contribution in [0.5, 0.6) is 0 Å². The molecule has 0 aromatic heterocycles. The molecule has 0 fully saturated rings. The van der Waals surface area contributed by atoms with Gasteiger partial charge in [0.15, 0.2) is 0 Å². The van der Waals surface area contributed by atoms with Crippen LogP contribution in [0.1, 0.15) is 15.9 Å². The molecule has 0 saturated carbocycles. The van der Waals surface area contributed by atoms with Crippen LogP contribution in [0.15, 0.2) is 18.2 Å². The topological polar surface area (TPSA) is 43.1 Å². The summed E-state index contributed by atoms with van der Waals surface area (Å²) < 4.78 is 0. The van der Waals surface area contributed by atoms with Gasteiger partial charge in [-0.2, -0.15) is 0 Å². The van der Waals surface area contributed by atoms with Crippen molar-refractivity contribution < 1.29 is 4.79 Å². The van der Waals surface area contributed by atoms with Gasteiger partial charge >= 0.3 is 0 Å². The Morgan fingerprint density at radius 1 is 1.45 bits per heavy atom. The first-order chi connectivity index (χ1) is 4.75. The molecule has 0 radical (unpaired) electrons. The Bertz CT molecular complexity index is 260. The van der Waals surface area contributed by atoms with Crippen LogP contribution in [0.3, 0.4) is 0 Å². The maximum absolute atomic E-state index is 10.3. The number of aldehydes is 1. The Labute approximate surface area is 71.8 Å². The van der Waals surface area contributed by atoms with E-state index in [1.54, 1.807) is 18.2 Å². The number of hydrogen-bond acceptors (Lipinski definition) is 2. The Hall–Kier alpha value is -1.02. The lowest BCUT2D eigenvalue weighted by molar-refractivity contribution is 0.112. The number of carbonyl (C=O) groups is 1. The molecule has 0 bridgehead atoms. The zero-order valence-corrected chi connectivity index (χ0v) is 7.02. The van der Waals surface area contributed by atoms with E-state index in [1.165, 1.54) is 0 Å². The van der Waals surface area contributed by atoms with E-state index in [0.717, 1.165) is 11.8 Å². The summed E-state index contributed by atoms with van der Waals surface area (Å²) >= 11 is 0. The highest BCUT2D eigenvalue weighted by Gasteiger charge is 1.97. The van der Waals surface area contributed by atoms with E-state index < -0.39 is 0 Å². The summed E-state index contributed by atoms with van der Waals surface area (Å²) in [5.74, 6) is 0. The Morgan fingerprint density at radius 2 is 2.09 bits per heavy atom. The Morgan fingerprint density at radius 3 is 2.55 bits per heavy atom. The minimum absolute atomic E-state index is 0. The van der Waals surface area contributed by atoms with Gasteiger partial charge in [-0.1, -0.05) is 12.1 Å². The Kier molecular flexibility index (Phi) is 3.61. The molecular formula is C8H10ClNO. The lowest BCUT2D eigenvalue weighted by atomic mass is 10.1. The van der Waals surface area contributed by atoms with Crippen LogP contribution in [-0.4, -0.2) is 6.29 Å². The smallest absolute Gasteiger partial charge is 0.150 e. The van der Waals surface area contributed by atoms with Gasteiger partial charge in [0, 0.05) is 11.3 Å². The second-order valence-electron chi connectivity index (χ2n) is 2.18. The zero-order chi connectivity index (χ0) is 7.56. The molecule has 0 saturated heterocycles. The van der Waals surface area contributed by atoms with Crippen LogP contribution in [0.2, 0.25) is 0 Å². The first-order valence-electron chi connectivity index (χ1n) is 3.06. The molecule has 0 aliphatic heterocycles. The largest absolute Gasteiger partial charge is 0.398 e. The lowest BCUT2D eigenvalue weighted by Gasteiger charge is -1.99. The van der Waals surface area contributed by atoms with Crippen molar-refractivity contribution in [2.24, 2.45) is 0 Å². The van der Waals surface area contributed by atoms with Gasteiger partial charge in [-0.3, -0.25) is 4.79 Å². The molecule has 60 valence electrons. The van der Waals surface area contributed by atoms with Gasteiger partial charge in [-0.05, 0) is 18.6 Å². The van der Waals surface area contributed by atoms with Crippen molar-refractivity contribution in [1.29, 1.82) is 0 Å². The number of carbonyl (C=O) groups excluding carboxylic acids is 1. The predicted molar refractivity (Wildman–Crippen MR) is 48.2 cm³/mol. The SMILES string of the molecule is Cc1c(N)cccc1C=O.Cl. The summed E-state index contributed by atoms with van der Waals surface area (Å²) in [6.45, 7) is 1.83. The number of halogens is 1. The molecule has 3 heteroatoms. The fraction of sp³-hybridized carbons (Fsp3) is 0.125.